The predicted molar refractivity (Wildman–Crippen MR) is 85.3 cm³/mol. The van der Waals surface area contributed by atoms with Crippen LogP contribution in [0.2, 0.25) is 0 Å². The van der Waals surface area contributed by atoms with Crippen LogP contribution in [0.3, 0.4) is 0 Å². The molecule has 0 aliphatic carbocycles. The van der Waals surface area contributed by atoms with Gasteiger partial charge in [-0.15, -0.1) is 0 Å². The molecule has 0 aromatic rings. The van der Waals surface area contributed by atoms with Crippen molar-refractivity contribution in [2.75, 3.05) is 52.9 Å². The van der Waals surface area contributed by atoms with E-state index in [1.54, 1.807) is 0 Å². The second kappa shape index (κ2) is 33.2. The third kappa shape index (κ3) is 46.0. The first kappa shape index (κ1) is 37.3. The Balaban J connectivity index is -0.0000000794. The molecule has 0 bridgehead atoms. The summed E-state index contributed by atoms with van der Waals surface area (Å²) >= 11 is 0. The van der Waals surface area contributed by atoms with E-state index in [2.05, 4.69) is 4.74 Å². The average molecular weight is 451 g/mol. The van der Waals surface area contributed by atoms with Crippen molar-refractivity contribution in [1.82, 2.24) is 0 Å². The van der Waals surface area contributed by atoms with Crippen molar-refractivity contribution >= 4 is 6.47 Å². The second-order valence-corrected chi connectivity index (χ2v) is 4.29. The zero-order chi connectivity index (χ0) is 21.4. The molecule has 1 unspecified atom stereocenters. The molecule has 0 spiro atoms. The fourth-order valence-electron chi connectivity index (χ4n) is 0.356. The predicted octanol–water partition coefficient (Wildman–Crippen LogP) is -6.58. The summed E-state index contributed by atoms with van der Waals surface area (Å²) in [6, 6.07) is 0. The molecule has 0 aliphatic rings. The van der Waals surface area contributed by atoms with Gasteiger partial charge in [-0.1, -0.05) is 6.47 Å². The van der Waals surface area contributed by atoms with Crippen LogP contribution in [0.5, 0.6) is 0 Å². The van der Waals surface area contributed by atoms with Gasteiger partial charge in [0.1, 0.15) is 24.4 Å². The molecule has 0 rings (SSSR count). The summed E-state index contributed by atoms with van der Waals surface area (Å²) in [5.41, 5.74) is 0. The summed E-state index contributed by atoms with van der Waals surface area (Å²) in [5, 5.41) is 88.6. The first-order valence-corrected chi connectivity index (χ1v) is 7.21. The summed E-state index contributed by atoms with van der Waals surface area (Å²) in [5.74, 6) is 0. The number of aliphatic hydroxyl groups excluding tert-OH is 11. The molecule has 0 fully saturated rings. The van der Waals surface area contributed by atoms with E-state index in [1.165, 1.54) is 0 Å². The molecule has 14 heteroatoms. The van der Waals surface area contributed by atoms with Crippen molar-refractivity contribution in [3.05, 3.63) is 0 Å². The van der Waals surface area contributed by atoms with E-state index in [4.69, 9.17) is 56.2 Å². The standard InChI is InChI=1S/C4H7O4.3C3H8O3.Fe/c5-1-4(7)2-8-3-6;3*4-1-3(6)2-5;/h4-5,7H,1-2H2;3*3-6H,1-2H2;/q-1;;;;. The van der Waals surface area contributed by atoms with Crippen LogP contribution in [0.1, 0.15) is 0 Å². The van der Waals surface area contributed by atoms with Gasteiger partial charge in [0, 0.05) is 17.1 Å². The number of rotatable bonds is 10. The summed E-state index contributed by atoms with van der Waals surface area (Å²) < 4.78 is 3.97. The van der Waals surface area contributed by atoms with E-state index in [9.17, 15) is 4.79 Å². The Kier molecular flexibility index (Phi) is 45.8. The van der Waals surface area contributed by atoms with Crippen LogP contribution in [0.15, 0.2) is 0 Å². The van der Waals surface area contributed by atoms with Crippen LogP contribution in [0, 0.1) is 0 Å². The van der Waals surface area contributed by atoms with E-state index >= 15 is 0 Å². The van der Waals surface area contributed by atoms with Crippen molar-refractivity contribution in [3.63, 3.8) is 0 Å². The quantitative estimate of drug-likeness (QED) is 0.109. The van der Waals surface area contributed by atoms with Crippen molar-refractivity contribution in [1.29, 1.82) is 0 Å². The molecule has 1 atom stereocenters. The van der Waals surface area contributed by atoms with Crippen LogP contribution in [-0.4, -0.2) is 140 Å². The topological polar surface area (TPSA) is 249 Å². The number of hydrogen-bond donors (Lipinski definition) is 11. The first-order chi connectivity index (χ1) is 12.2. The SMILES string of the molecule is O=[C-]OCC(O)CO.OCC(O)CO.OCC(O)CO.OCC(O)CO.[Fe]. The van der Waals surface area contributed by atoms with Gasteiger partial charge >= 0.3 is 0 Å². The Bertz CT molecular complexity index is 214. The molecule has 0 heterocycles. The molecule has 0 aromatic carbocycles. The molecule has 0 saturated carbocycles. The minimum atomic E-state index is -0.976. The Morgan fingerprint density at radius 2 is 0.778 bits per heavy atom. The van der Waals surface area contributed by atoms with E-state index in [-0.39, 0.29) is 63.3 Å². The van der Waals surface area contributed by atoms with Gasteiger partial charge in [0.05, 0.1) is 52.9 Å². The fourth-order valence-corrected chi connectivity index (χ4v) is 0.356. The molecule has 13 nitrogen and oxygen atoms in total. The molecule has 0 saturated heterocycles. The maximum atomic E-state index is 9.29. The Labute approximate surface area is 167 Å². The van der Waals surface area contributed by atoms with E-state index in [1.807, 2.05) is 0 Å². The molecular weight excluding hydrogens is 420 g/mol. The monoisotopic (exact) mass is 451 g/mol. The Morgan fingerprint density at radius 3 is 0.889 bits per heavy atom. The fraction of sp³-hybridized carbons (Fsp3) is 0.923. The normalized spacial score (nSPS) is 10.4. The Hall–Kier alpha value is -0.451. The van der Waals surface area contributed by atoms with E-state index in [0.717, 1.165) is 6.47 Å². The number of aliphatic hydroxyl groups is 11. The summed E-state index contributed by atoms with van der Waals surface area (Å²) in [7, 11) is 0. The summed E-state index contributed by atoms with van der Waals surface area (Å²) in [6.07, 6.45) is -3.84. The minimum absolute atomic E-state index is 0. The maximum Gasteiger partial charge on any atom is 0.108 e. The molecule has 11 N–H and O–H groups in total. The van der Waals surface area contributed by atoms with Crippen LogP contribution in [0.4, 0.5) is 0 Å². The van der Waals surface area contributed by atoms with Crippen molar-refractivity contribution < 1.29 is 82.8 Å². The van der Waals surface area contributed by atoms with Crippen molar-refractivity contribution in [3.8, 4) is 0 Å². The summed E-state index contributed by atoms with van der Waals surface area (Å²) in [6.45, 7) is -1.67. The molecule has 0 radical (unpaired) electrons. The molecular formula is C13H31FeO13-. The van der Waals surface area contributed by atoms with E-state index < -0.39 is 31.0 Å². The molecule has 0 aliphatic heterocycles. The summed E-state index contributed by atoms with van der Waals surface area (Å²) in [4.78, 5) is 9.29. The van der Waals surface area contributed by atoms with Gasteiger partial charge in [-0.05, 0) is 0 Å². The molecule has 170 valence electrons. The number of hydrogen-bond acceptors (Lipinski definition) is 13. The first-order valence-electron chi connectivity index (χ1n) is 7.21. The second-order valence-electron chi connectivity index (χ2n) is 4.29. The third-order valence-corrected chi connectivity index (χ3v) is 1.81. The van der Waals surface area contributed by atoms with Crippen molar-refractivity contribution in [2.24, 2.45) is 0 Å². The minimum Gasteiger partial charge on any atom is -0.651 e. The van der Waals surface area contributed by atoms with Gasteiger partial charge in [0.15, 0.2) is 0 Å². The number of ether oxygens (including phenoxy) is 1. The molecule has 0 amide bonds. The van der Waals surface area contributed by atoms with Gasteiger partial charge < -0.3 is 65.7 Å². The average Bonchev–Trinajstić information content (AvgIpc) is 2.71. The smallest absolute Gasteiger partial charge is 0.108 e. The van der Waals surface area contributed by atoms with Crippen molar-refractivity contribution in [2.45, 2.75) is 24.4 Å². The van der Waals surface area contributed by atoms with Gasteiger partial charge in [-0.25, -0.2) is 0 Å². The maximum absolute atomic E-state index is 9.29. The Morgan fingerprint density at radius 1 is 0.556 bits per heavy atom. The van der Waals surface area contributed by atoms with Gasteiger partial charge in [-0.3, -0.25) is 0 Å². The van der Waals surface area contributed by atoms with Gasteiger partial charge in [-0.2, -0.15) is 0 Å². The van der Waals surface area contributed by atoms with E-state index in [0.29, 0.717) is 0 Å². The zero-order valence-electron chi connectivity index (χ0n) is 14.6. The molecule has 0 aromatic heterocycles. The van der Waals surface area contributed by atoms with Crippen LogP contribution >= 0.6 is 0 Å². The molecule has 27 heavy (non-hydrogen) atoms. The van der Waals surface area contributed by atoms with Crippen LogP contribution < -0.4 is 0 Å². The van der Waals surface area contributed by atoms with Gasteiger partial charge in [0.25, 0.3) is 0 Å². The van der Waals surface area contributed by atoms with Crippen LogP contribution in [-0.2, 0) is 26.6 Å². The largest absolute Gasteiger partial charge is 0.651 e. The van der Waals surface area contributed by atoms with Crippen LogP contribution in [0.25, 0.3) is 0 Å². The van der Waals surface area contributed by atoms with Gasteiger partial charge in [0.2, 0.25) is 0 Å². The number of carbonyl (C=O) groups excluding carboxylic acids is 1. The zero-order valence-corrected chi connectivity index (χ0v) is 15.7. The third-order valence-electron chi connectivity index (χ3n) is 1.81.